The summed E-state index contributed by atoms with van der Waals surface area (Å²) < 4.78 is 0. The summed E-state index contributed by atoms with van der Waals surface area (Å²) >= 11 is 0. The average Bonchev–Trinajstić information content (AvgIpc) is 2.15. The fraction of sp³-hybridized carbons (Fsp3) is 0.400. The monoisotopic (exact) mass is 178 g/mol. The van der Waals surface area contributed by atoms with Crippen LogP contribution in [0.5, 0.6) is 0 Å². The van der Waals surface area contributed by atoms with Gasteiger partial charge in [-0.1, -0.05) is 6.92 Å². The van der Waals surface area contributed by atoms with E-state index in [-0.39, 0.29) is 5.78 Å². The molecular formula is C10H14N2O. The Morgan fingerprint density at radius 1 is 1.62 bits per heavy atom. The highest BCUT2D eigenvalue weighted by atomic mass is 16.1. The van der Waals surface area contributed by atoms with Crippen molar-refractivity contribution in [3.63, 3.8) is 0 Å². The van der Waals surface area contributed by atoms with Gasteiger partial charge >= 0.3 is 0 Å². The fourth-order valence-electron chi connectivity index (χ4n) is 1.09. The highest BCUT2D eigenvalue weighted by Gasteiger charge is 2.04. The van der Waals surface area contributed by atoms with Crippen LogP contribution in [0.15, 0.2) is 18.5 Å². The summed E-state index contributed by atoms with van der Waals surface area (Å²) in [6.07, 6.45) is 4.32. The van der Waals surface area contributed by atoms with E-state index in [4.69, 9.17) is 0 Å². The van der Waals surface area contributed by atoms with E-state index in [2.05, 4.69) is 17.2 Å². The van der Waals surface area contributed by atoms with Crippen molar-refractivity contribution in [1.82, 2.24) is 4.98 Å². The summed E-state index contributed by atoms with van der Waals surface area (Å²) in [5.41, 5.74) is 1.54. The van der Waals surface area contributed by atoms with E-state index in [1.165, 1.54) is 0 Å². The van der Waals surface area contributed by atoms with Crippen molar-refractivity contribution in [2.75, 3.05) is 11.9 Å². The van der Waals surface area contributed by atoms with E-state index in [1.807, 2.05) is 6.07 Å². The third-order valence-electron chi connectivity index (χ3n) is 1.77. The maximum absolute atomic E-state index is 11.1. The number of carbonyl (C=O) groups is 1. The normalized spacial score (nSPS) is 9.69. The first-order chi connectivity index (χ1) is 6.25. The molecule has 1 rings (SSSR count). The van der Waals surface area contributed by atoms with Crippen LogP contribution in [0.1, 0.15) is 30.6 Å². The zero-order valence-electron chi connectivity index (χ0n) is 8.00. The third-order valence-corrected chi connectivity index (χ3v) is 1.77. The molecule has 0 unspecified atom stereocenters. The Labute approximate surface area is 78.2 Å². The van der Waals surface area contributed by atoms with Gasteiger partial charge in [-0.2, -0.15) is 0 Å². The summed E-state index contributed by atoms with van der Waals surface area (Å²) in [6, 6.07) is 1.83. The van der Waals surface area contributed by atoms with Crippen molar-refractivity contribution in [3.8, 4) is 0 Å². The van der Waals surface area contributed by atoms with Gasteiger partial charge in [0.15, 0.2) is 5.78 Å². The van der Waals surface area contributed by atoms with Crippen molar-refractivity contribution in [2.45, 2.75) is 20.3 Å². The smallest absolute Gasteiger partial charge is 0.163 e. The lowest BCUT2D eigenvalue weighted by Crippen LogP contribution is -2.05. The van der Waals surface area contributed by atoms with Crippen molar-refractivity contribution in [1.29, 1.82) is 0 Å². The Bertz CT molecular complexity index is 297. The first-order valence-corrected chi connectivity index (χ1v) is 4.44. The lowest BCUT2D eigenvalue weighted by atomic mass is 10.1. The van der Waals surface area contributed by atoms with Gasteiger partial charge in [-0.3, -0.25) is 9.78 Å². The molecule has 0 aliphatic carbocycles. The fourth-order valence-corrected chi connectivity index (χ4v) is 1.09. The van der Waals surface area contributed by atoms with Gasteiger partial charge in [-0.15, -0.1) is 0 Å². The summed E-state index contributed by atoms with van der Waals surface area (Å²) in [6.45, 7) is 4.51. The minimum Gasteiger partial charge on any atom is -0.384 e. The van der Waals surface area contributed by atoms with Crippen LogP contribution in [0.4, 0.5) is 5.69 Å². The highest BCUT2D eigenvalue weighted by molar-refractivity contribution is 5.99. The van der Waals surface area contributed by atoms with Crippen LogP contribution in [0.2, 0.25) is 0 Å². The quantitative estimate of drug-likeness (QED) is 0.718. The molecule has 0 radical (unpaired) electrons. The number of carbonyl (C=O) groups excluding carboxylic acids is 1. The Hall–Kier alpha value is -1.38. The van der Waals surface area contributed by atoms with Crippen LogP contribution in [-0.2, 0) is 0 Å². The van der Waals surface area contributed by atoms with Crippen molar-refractivity contribution in [3.05, 3.63) is 24.0 Å². The molecule has 0 fully saturated rings. The summed E-state index contributed by atoms with van der Waals surface area (Å²) in [5, 5.41) is 3.18. The number of ketones is 1. The Balaban J connectivity index is 2.84. The van der Waals surface area contributed by atoms with Crippen LogP contribution in [0.3, 0.4) is 0 Å². The molecule has 0 bridgehead atoms. The number of nitrogens with zero attached hydrogens (tertiary/aromatic N) is 1. The van der Waals surface area contributed by atoms with Gasteiger partial charge in [0.1, 0.15) is 0 Å². The number of hydrogen-bond acceptors (Lipinski definition) is 3. The Morgan fingerprint density at radius 2 is 2.38 bits per heavy atom. The molecule has 0 aliphatic rings. The molecule has 13 heavy (non-hydrogen) atoms. The molecular weight excluding hydrogens is 164 g/mol. The van der Waals surface area contributed by atoms with Gasteiger partial charge in [0.25, 0.3) is 0 Å². The van der Waals surface area contributed by atoms with Gasteiger partial charge in [-0.25, -0.2) is 0 Å². The minimum absolute atomic E-state index is 0.0479. The molecule has 1 heterocycles. The maximum Gasteiger partial charge on any atom is 0.163 e. The number of Topliss-reactive ketones (excluding diaryl/α,β-unsaturated/α-hetero) is 1. The average molecular weight is 178 g/mol. The van der Waals surface area contributed by atoms with Crippen LogP contribution in [0, 0.1) is 0 Å². The molecule has 0 aromatic carbocycles. The van der Waals surface area contributed by atoms with Crippen molar-refractivity contribution >= 4 is 11.5 Å². The third kappa shape index (κ3) is 2.54. The first kappa shape index (κ1) is 9.71. The topological polar surface area (TPSA) is 42.0 Å². The lowest BCUT2D eigenvalue weighted by Gasteiger charge is -2.07. The molecule has 0 aliphatic heterocycles. The number of pyridine rings is 1. The van der Waals surface area contributed by atoms with E-state index < -0.39 is 0 Å². The van der Waals surface area contributed by atoms with Crippen LogP contribution in [0.25, 0.3) is 0 Å². The molecule has 70 valence electrons. The molecule has 0 amide bonds. The SMILES string of the molecule is CCCNc1ccncc1C(C)=O. The predicted octanol–water partition coefficient (Wildman–Crippen LogP) is 2.11. The number of hydrogen-bond donors (Lipinski definition) is 1. The number of aromatic nitrogens is 1. The minimum atomic E-state index is 0.0479. The molecule has 1 aromatic heterocycles. The molecule has 3 heteroatoms. The Kier molecular flexibility index (Phi) is 3.43. The lowest BCUT2D eigenvalue weighted by molar-refractivity contribution is 0.101. The standard InChI is InChI=1S/C10H14N2O/c1-3-5-12-10-4-6-11-7-9(10)8(2)13/h4,6-7H,3,5H2,1-2H3,(H,11,12). The van der Waals surface area contributed by atoms with E-state index in [1.54, 1.807) is 19.3 Å². The summed E-state index contributed by atoms with van der Waals surface area (Å²) in [5.74, 6) is 0.0479. The second kappa shape index (κ2) is 4.60. The second-order valence-electron chi connectivity index (χ2n) is 2.90. The van der Waals surface area contributed by atoms with Crippen molar-refractivity contribution < 1.29 is 4.79 Å². The Morgan fingerprint density at radius 3 is 3.00 bits per heavy atom. The molecule has 0 saturated carbocycles. The van der Waals surface area contributed by atoms with E-state index in [9.17, 15) is 4.79 Å². The number of anilines is 1. The molecule has 3 nitrogen and oxygen atoms in total. The van der Waals surface area contributed by atoms with E-state index in [0.29, 0.717) is 5.56 Å². The van der Waals surface area contributed by atoms with Gasteiger partial charge < -0.3 is 5.32 Å². The molecule has 0 atom stereocenters. The van der Waals surface area contributed by atoms with Gasteiger partial charge in [0, 0.05) is 24.6 Å². The van der Waals surface area contributed by atoms with Gasteiger partial charge in [0.05, 0.1) is 5.56 Å². The number of nitrogens with one attached hydrogen (secondary N) is 1. The summed E-state index contributed by atoms with van der Waals surface area (Å²) in [7, 11) is 0. The van der Waals surface area contributed by atoms with Gasteiger partial charge in [0.2, 0.25) is 0 Å². The van der Waals surface area contributed by atoms with Crippen LogP contribution >= 0.6 is 0 Å². The largest absolute Gasteiger partial charge is 0.384 e. The van der Waals surface area contributed by atoms with Gasteiger partial charge in [-0.05, 0) is 19.4 Å². The van der Waals surface area contributed by atoms with E-state index in [0.717, 1.165) is 18.7 Å². The second-order valence-corrected chi connectivity index (χ2v) is 2.90. The number of rotatable bonds is 4. The molecule has 0 spiro atoms. The summed E-state index contributed by atoms with van der Waals surface area (Å²) in [4.78, 5) is 15.1. The molecule has 0 saturated heterocycles. The van der Waals surface area contributed by atoms with Crippen molar-refractivity contribution in [2.24, 2.45) is 0 Å². The maximum atomic E-state index is 11.1. The van der Waals surface area contributed by atoms with E-state index >= 15 is 0 Å². The highest BCUT2D eigenvalue weighted by Crippen LogP contribution is 2.13. The van der Waals surface area contributed by atoms with Crippen LogP contribution < -0.4 is 5.32 Å². The zero-order valence-corrected chi connectivity index (χ0v) is 8.00. The van der Waals surface area contributed by atoms with Crippen LogP contribution in [-0.4, -0.2) is 17.3 Å². The zero-order chi connectivity index (χ0) is 9.68. The molecule has 1 aromatic rings. The predicted molar refractivity (Wildman–Crippen MR) is 53.0 cm³/mol. The first-order valence-electron chi connectivity index (χ1n) is 4.44. The molecule has 1 N–H and O–H groups in total.